The summed E-state index contributed by atoms with van der Waals surface area (Å²) in [4.78, 5) is 12.8. The molecule has 1 aromatic carbocycles. The van der Waals surface area contributed by atoms with Gasteiger partial charge in [0.1, 0.15) is 10.9 Å². The minimum absolute atomic E-state index is 0.0943. The van der Waals surface area contributed by atoms with Gasteiger partial charge >= 0.3 is 0 Å². The summed E-state index contributed by atoms with van der Waals surface area (Å²) in [6, 6.07) is 9.33. The molecule has 8 heteroatoms. The average molecular weight is 415 g/mol. The Kier molecular flexibility index (Phi) is 5.03. The third-order valence-corrected chi connectivity index (χ3v) is 6.36. The number of amides is 1. The fourth-order valence-corrected chi connectivity index (χ4v) is 4.22. The molecule has 0 saturated carbocycles. The minimum atomic E-state index is -0.318. The number of anilines is 1. The maximum absolute atomic E-state index is 12.8. The standard InChI is InChI=1S/C20H19ClN4O2S/c1-4-18(19(26)22-13-6-5-11(2)14(21)9-13)28-20-16-10-17-15(7-8-27-17)25(16)12(3)23-24-20/h5-10,18H,4H2,1-3H3,(H,22,26)/t18-/m1/s1. The van der Waals surface area contributed by atoms with Crippen LogP contribution in [0.3, 0.4) is 0 Å². The number of nitrogens with zero attached hydrogens (tertiary/aromatic N) is 3. The quantitative estimate of drug-likeness (QED) is 0.451. The molecule has 3 aromatic heterocycles. The molecule has 1 N–H and O–H groups in total. The molecule has 0 fully saturated rings. The number of hydrogen-bond donors (Lipinski definition) is 1. The van der Waals surface area contributed by atoms with Crippen molar-refractivity contribution in [3.05, 3.63) is 53.0 Å². The van der Waals surface area contributed by atoms with E-state index in [4.69, 9.17) is 16.0 Å². The minimum Gasteiger partial charge on any atom is -0.463 e. The first-order valence-electron chi connectivity index (χ1n) is 8.93. The van der Waals surface area contributed by atoms with E-state index >= 15 is 0 Å². The van der Waals surface area contributed by atoms with Gasteiger partial charge in [-0.2, -0.15) is 0 Å². The second-order valence-corrected chi connectivity index (χ2v) is 8.15. The van der Waals surface area contributed by atoms with Gasteiger partial charge in [-0.05, 0) is 38.0 Å². The first kappa shape index (κ1) is 18.8. The number of halogens is 1. The van der Waals surface area contributed by atoms with Gasteiger partial charge < -0.3 is 9.73 Å². The Morgan fingerprint density at radius 3 is 2.82 bits per heavy atom. The normalized spacial score (nSPS) is 12.6. The van der Waals surface area contributed by atoms with Crippen LogP contribution in [0.1, 0.15) is 24.7 Å². The number of fused-ring (bicyclic) bond motifs is 3. The number of benzene rings is 1. The second-order valence-electron chi connectivity index (χ2n) is 6.56. The van der Waals surface area contributed by atoms with Crippen molar-refractivity contribution >= 4 is 51.6 Å². The fraction of sp³-hybridized carbons (Fsp3) is 0.250. The third kappa shape index (κ3) is 3.36. The van der Waals surface area contributed by atoms with Gasteiger partial charge in [0.25, 0.3) is 0 Å². The topological polar surface area (TPSA) is 72.4 Å². The van der Waals surface area contributed by atoms with E-state index in [0.717, 1.165) is 28.0 Å². The van der Waals surface area contributed by atoms with Crippen LogP contribution in [0.25, 0.3) is 16.6 Å². The molecule has 4 aromatic rings. The van der Waals surface area contributed by atoms with E-state index < -0.39 is 0 Å². The third-order valence-electron chi connectivity index (χ3n) is 4.61. The summed E-state index contributed by atoms with van der Waals surface area (Å²) in [6.45, 7) is 5.79. The summed E-state index contributed by atoms with van der Waals surface area (Å²) in [5.41, 5.74) is 4.25. The molecule has 0 aliphatic carbocycles. The Morgan fingerprint density at radius 1 is 1.25 bits per heavy atom. The Morgan fingerprint density at radius 2 is 2.07 bits per heavy atom. The molecule has 0 unspecified atom stereocenters. The number of hydrogen-bond acceptors (Lipinski definition) is 5. The second kappa shape index (κ2) is 7.48. The number of nitrogens with one attached hydrogen (secondary N) is 1. The zero-order valence-electron chi connectivity index (χ0n) is 15.7. The Bertz CT molecular complexity index is 1180. The van der Waals surface area contributed by atoms with E-state index in [1.165, 1.54) is 11.8 Å². The number of aromatic nitrogens is 3. The molecule has 0 aliphatic heterocycles. The maximum Gasteiger partial charge on any atom is 0.237 e. The van der Waals surface area contributed by atoms with Crippen LogP contribution >= 0.6 is 23.4 Å². The van der Waals surface area contributed by atoms with Gasteiger partial charge in [-0.3, -0.25) is 9.20 Å². The van der Waals surface area contributed by atoms with Crippen molar-refractivity contribution in [1.29, 1.82) is 0 Å². The molecule has 0 bridgehead atoms. The van der Waals surface area contributed by atoms with Crippen molar-refractivity contribution in [2.24, 2.45) is 0 Å². The van der Waals surface area contributed by atoms with Crippen LogP contribution in [-0.2, 0) is 4.79 Å². The number of carbonyl (C=O) groups excluding carboxylic acids is 1. The van der Waals surface area contributed by atoms with Crippen molar-refractivity contribution in [2.75, 3.05) is 5.32 Å². The lowest BCUT2D eigenvalue weighted by Crippen LogP contribution is -2.24. The first-order chi connectivity index (χ1) is 13.5. The van der Waals surface area contributed by atoms with E-state index in [1.807, 2.05) is 49.4 Å². The van der Waals surface area contributed by atoms with Crippen LogP contribution in [0, 0.1) is 13.8 Å². The molecule has 3 heterocycles. The maximum atomic E-state index is 12.8. The predicted octanol–water partition coefficient (Wildman–Crippen LogP) is 5.26. The van der Waals surface area contributed by atoms with Crippen LogP contribution in [0.5, 0.6) is 0 Å². The predicted molar refractivity (Wildman–Crippen MR) is 112 cm³/mol. The molecule has 1 atom stereocenters. The summed E-state index contributed by atoms with van der Waals surface area (Å²) >= 11 is 7.56. The highest BCUT2D eigenvalue weighted by Gasteiger charge is 2.22. The Balaban J connectivity index is 1.62. The highest BCUT2D eigenvalue weighted by molar-refractivity contribution is 8.00. The summed E-state index contributed by atoms with van der Waals surface area (Å²) in [6.07, 6.45) is 2.30. The molecule has 144 valence electrons. The Labute approximate surface area is 171 Å². The van der Waals surface area contributed by atoms with Gasteiger partial charge in [-0.1, -0.05) is 36.4 Å². The van der Waals surface area contributed by atoms with Gasteiger partial charge in [0.2, 0.25) is 5.91 Å². The lowest BCUT2D eigenvalue weighted by Gasteiger charge is -2.15. The largest absolute Gasteiger partial charge is 0.463 e. The van der Waals surface area contributed by atoms with Gasteiger partial charge in [0, 0.05) is 22.8 Å². The van der Waals surface area contributed by atoms with E-state index in [1.54, 1.807) is 12.3 Å². The SMILES string of the molecule is CC[C@@H](Sc1nnc(C)n2c1cc1occc12)C(=O)Nc1ccc(C)c(Cl)c1. The van der Waals surface area contributed by atoms with Crippen molar-refractivity contribution in [2.45, 2.75) is 37.5 Å². The summed E-state index contributed by atoms with van der Waals surface area (Å²) in [7, 11) is 0. The number of aryl methyl sites for hydroxylation is 2. The highest BCUT2D eigenvalue weighted by Crippen LogP contribution is 2.32. The van der Waals surface area contributed by atoms with Crippen molar-refractivity contribution in [3.63, 3.8) is 0 Å². The van der Waals surface area contributed by atoms with Crippen molar-refractivity contribution < 1.29 is 9.21 Å². The van der Waals surface area contributed by atoms with Gasteiger partial charge in [0.15, 0.2) is 5.58 Å². The number of carbonyl (C=O) groups is 1. The van der Waals surface area contributed by atoms with Crippen LogP contribution in [0.4, 0.5) is 5.69 Å². The number of rotatable bonds is 5. The molecule has 1 amide bonds. The van der Waals surface area contributed by atoms with Crippen LogP contribution < -0.4 is 5.32 Å². The molecule has 28 heavy (non-hydrogen) atoms. The zero-order chi connectivity index (χ0) is 19.8. The molecule has 0 spiro atoms. The van der Waals surface area contributed by atoms with Crippen LogP contribution in [-0.4, -0.2) is 25.8 Å². The lowest BCUT2D eigenvalue weighted by atomic mass is 10.2. The molecule has 0 aliphatic rings. The molecule has 6 nitrogen and oxygen atoms in total. The van der Waals surface area contributed by atoms with Crippen molar-refractivity contribution in [3.8, 4) is 0 Å². The van der Waals surface area contributed by atoms with Crippen LogP contribution in [0.2, 0.25) is 5.02 Å². The number of thioether (sulfide) groups is 1. The van der Waals surface area contributed by atoms with Gasteiger partial charge in [-0.25, -0.2) is 0 Å². The number of furan rings is 1. The average Bonchev–Trinajstić information content (AvgIpc) is 3.25. The van der Waals surface area contributed by atoms with E-state index in [-0.39, 0.29) is 11.2 Å². The summed E-state index contributed by atoms with van der Waals surface area (Å²) in [5.74, 6) is 0.672. The van der Waals surface area contributed by atoms with Gasteiger partial charge in [-0.15, -0.1) is 10.2 Å². The van der Waals surface area contributed by atoms with E-state index in [9.17, 15) is 4.79 Å². The van der Waals surface area contributed by atoms with Crippen molar-refractivity contribution in [1.82, 2.24) is 14.6 Å². The van der Waals surface area contributed by atoms with Crippen LogP contribution in [0.15, 0.2) is 46.0 Å². The lowest BCUT2D eigenvalue weighted by molar-refractivity contribution is -0.115. The molecule has 4 rings (SSSR count). The first-order valence-corrected chi connectivity index (χ1v) is 10.2. The molecular formula is C20H19ClN4O2S. The smallest absolute Gasteiger partial charge is 0.237 e. The summed E-state index contributed by atoms with van der Waals surface area (Å²) < 4.78 is 7.51. The Hall–Kier alpha value is -2.51. The van der Waals surface area contributed by atoms with E-state index in [0.29, 0.717) is 22.2 Å². The highest BCUT2D eigenvalue weighted by atomic mass is 35.5. The van der Waals surface area contributed by atoms with Gasteiger partial charge in [0.05, 0.1) is 22.5 Å². The monoisotopic (exact) mass is 414 g/mol. The molecular weight excluding hydrogens is 396 g/mol. The molecule has 0 radical (unpaired) electrons. The summed E-state index contributed by atoms with van der Waals surface area (Å²) in [5, 5.41) is 12.5. The fourth-order valence-electron chi connectivity index (χ4n) is 3.08. The van der Waals surface area contributed by atoms with E-state index in [2.05, 4.69) is 15.5 Å². The zero-order valence-corrected chi connectivity index (χ0v) is 17.3. The molecule has 0 saturated heterocycles.